The van der Waals surface area contributed by atoms with Crippen LogP contribution in [0.25, 0.3) is 0 Å². The first kappa shape index (κ1) is 16.5. The molecule has 21 heavy (non-hydrogen) atoms. The number of piperidine rings is 1. The summed E-state index contributed by atoms with van der Waals surface area (Å²) in [6, 6.07) is -0.833. The number of aliphatic carboxylic acids is 1. The van der Waals surface area contributed by atoms with Crippen molar-refractivity contribution in [1.82, 2.24) is 9.80 Å². The molecule has 0 aromatic carbocycles. The second kappa shape index (κ2) is 5.71. The number of carbonyl (C=O) groups is 2. The van der Waals surface area contributed by atoms with Crippen LogP contribution in [0.15, 0.2) is 0 Å². The van der Waals surface area contributed by atoms with E-state index in [2.05, 4.69) is 13.8 Å². The van der Waals surface area contributed by atoms with Crippen LogP contribution in [0.5, 0.6) is 0 Å². The first-order chi connectivity index (χ1) is 9.64. The summed E-state index contributed by atoms with van der Waals surface area (Å²) in [5, 5.41) is 9.58. The molecule has 0 aliphatic carbocycles. The highest BCUT2D eigenvalue weighted by atomic mass is 32.2. The molecule has 2 heterocycles. The molecule has 1 unspecified atom stereocenters. The Morgan fingerprint density at radius 1 is 1.19 bits per heavy atom. The van der Waals surface area contributed by atoms with Crippen molar-refractivity contribution in [3.8, 4) is 0 Å². The molecule has 0 saturated carbocycles. The molecule has 2 saturated heterocycles. The summed E-state index contributed by atoms with van der Waals surface area (Å²) < 4.78 is 0.0396. The van der Waals surface area contributed by atoms with Gasteiger partial charge in [0.2, 0.25) is 0 Å². The van der Waals surface area contributed by atoms with Crippen molar-refractivity contribution < 1.29 is 14.7 Å². The average Bonchev–Trinajstić information content (AvgIpc) is 2.34. The number of rotatable bonds is 1. The lowest BCUT2D eigenvalue weighted by Crippen LogP contribution is -2.61. The van der Waals surface area contributed by atoms with Gasteiger partial charge in [-0.2, -0.15) is 11.8 Å². The van der Waals surface area contributed by atoms with E-state index < -0.39 is 12.0 Å². The van der Waals surface area contributed by atoms with Crippen LogP contribution < -0.4 is 0 Å². The Morgan fingerprint density at radius 2 is 1.86 bits per heavy atom. The van der Waals surface area contributed by atoms with Gasteiger partial charge in [-0.05, 0) is 32.1 Å². The van der Waals surface area contributed by atoms with Crippen molar-refractivity contribution in [3.05, 3.63) is 0 Å². The summed E-state index contributed by atoms with van der Waals surface area (Å²) in [7, 11) is 0. The zero-order valence-corrected chi connectivity index (χ0v) is 14.2. The van der Waals surface area contributed by atoms with Gasteiger partial charge in [-0.25, -0.2) is 9.59 Å². The van der Waals surface area contributed by atoms with Crippen LogP contribution >= 0.6 is 11.8 Å². The van der Waals surface area contributed by atoms with E-state index >= 15 is 0 Å². The van der Waals surface area contributed by atoms with Gasteiger partial charge in [-0.1, -0.05) is 13.8 Å². The summed E-state index contributed by atoms with van der Waals surface area (Å²) >= 11 is 1.87. The van der Waals surface area contributed by atoms with Crippen molar-refractivity contribution in [2.75, 3.05) is 25.4 Å². The maximum Gasteiger partial charge on any atom is 0.327 e. The van der Waals surface area contributed by atoms with Crippen LogP contribution in [0.1, 0.15) is 40.5 Å². The number of amides is 2. The molecular formula is C15H26N2O3S. The first-order valence-corrected chi connectivity index (χ1v) is 8.55. The second-order valence-electron chi connectivity index (χ2n) is 7.34. The number of likely N-dealkylation sites (tertiary alicyclic amines) is 1. The summed E-state index contributed by atoms with van der Waals surface area (Å²) in [5.41, 5.74) is -0.375. The van der Waals surface area contributed by atoms with Gasteiger partial charge in [-0.3, -0.25) is 0 Å². The molecule has 0 bridgehead atoms. The van der Waals surface area contributed by atoms with Gasteiger partial charge in [0.25, 0.3) is 0 Å². The molecule has 6 heteroatoms. The Bertz CT molecular complexity index is 437. The maximum absolute atomic E-state index is 12.8. The Labute approximate surface area is 131 Å². The Kier molecular flexibility index (Phi) is 4.47. The third-order valence-corrected chi connectivity index (χ3v) is 5.75. The molecule has 2 aliphatic rings. The molecule has 5 nitrogen and oxygen atoms in total. The van der Waals surface area contributed by atoms with Gasteiger partial charge in [0.05, 0.1) is 0 Å². The smallest absolute Gasteiger partial charge is 0.327 e. The van der Waals surface area contributed by atoms with Crippen LogP contribution in [-0.4, -0.2) is 63.1 Å². The number of hydrogen-bond donors (Lipinski definition) is 1. The molecule has 2 amide bonds. The number of carbonyl (C=O) groups excluding carboxylic acids is 1. The number of carboxylic acids is 1. The number of carboxylic acid groups (broad SMARTS) is 1. The van der Waals surface area contributed by atoms with Gasteiger partial charge >= 0.3 is 12.0 Å². The fourth-order valence-electron chi connectivity index (χ4n) is 3.43. The fourth-order valence-corrected chi connectivity index (χ4v) is 4.54. The standard InChI is InChI=1S/C15H26N2O3S/c1-14(2)6-5-7-17(11(14)12(18)19)13(20)16-8-9-21-15(3,4)10-16/h11H,5-10H2,1-4H3,(H,18,19). The highest BCUT2D eigenvalue weighted by molar-refractivity contribution is 8.00. The molecule has 0 aromatic rings. The quantitative estimate of drug-likeness (QED) is 0.808. The van der Waals surface area contributed by atoms with Crippen molar-refractivity contribution in [2.45, 2.75) is 51.3 Å². The lowest BCUT2D eigenvalue weighted by Gasteiger charge is -2.47. The van der Waals surface area contributed by atoms with E-state index in [1.165, 1.54) is 0 Å². The second-order valence-corrected chi connectivity index (χ2v) is 9.14. The van der Waals surface area contributed by atoms with E-state index in [-0.39, 0.29) is 16.2 Å². The molecule has 120 valence electrons. The van der Waals surface area contributed by atoms with E-state index in [4.69, 9.17) is 0 Å². The Hall–Kier alpha value is -0.910. The average molecular weight is 314 g/mol. The third kappa shape index (κ3) is 3.47. The molecule has 0 spiro atoms. The number of thioether (sulfide) groups is 1. The van der Waals surface area contributed by atoms with E-state index in [0.29, 0.717) is 19.6 Å². The van der Waals surface area contributed by atoms with Gasteiger partial charge in [0.1, 0.15) is 6.04 Å². The topological polar surface area (TPSA) is 60.9 Å². The van der Waals surface area contributed by atoms with E-state index in [9.17, 15) is 14.7 Å². The monoisotopic (exact) mass is 314 g/mol. The van der Waals surface area contributed by atoms with Gasteiger partial charge < -0.3 is 14.9 Å². The van der Waals surface area contributed by atoms with Crippen molar-refractivity contribution >= 4 is 23.8 Å². The first-order valence-electron chi connectivity index (χ1n) is 7.56. The lowest BCUT2D eigenvalue weighted by atomic mass is 9.76. The number of urea groups is 1. The summed E-state index contributed by atoms with van der Waals surface area (Å²) in [4.78, 5) is 27.9. The predicted molar refractivity (Wildman–Crippen MR) is 84.7 cm³/mol. The van der Waals surface area contributed by atoms with Crippen molar-refractivity contribution in [2.24, 2.45) is 5.41 Å². The minimum Gasteiger partial charge on any atom is -0.480 e. The van der Waals surface area contributed by atoms with Gasteiger partial charge in [-0.15, -0.1) is 0 Å². The third-order valence-electron chi connectivity index (χ3n) is 4.45. The maximum atomic E-state index is 12.8. The van der Waals surface area contributed by atoms with Crippen molar-refractivity contribution in [1.29, 1.82) is 0 Å². The fraction of sp³-hybridized carbons (Fsp3) is 0.867. The van der Waals surface area contributed by atoms with Crippen LogP contribution in [0.3, 0.4) is 0 Å². The van der Waals surface area contributed by atoms with Gasteiger partial charge in [0, 0.05) is 30.1 Å². The summed E-state index contributed by atoms with van der Waals surface area (Å²) in [5.74, 6) is 0.0203. The molecule has 2 rings (SSSR count). The SMILES string of the molecule is CC1(C)CN(C(=O)N2CCCC(C)(C)C2C(=O)O)CCS1. The molecule has 1 N–H and O–H groups in total. The van der Waals surface area contributed by atoms with Crippen LogP contribution in [0.2, 0.25) is 0 Å². The number of nitrogens with zero attached hydrogens (tertiary/aromatic N) is 2. The van der Waals surface area contributed by atoms with E-state index in [1.807, 2.05) is 30.5 Å². The zero-order valence-electron chi connectivity index (χ0n) is 13.4. The molecule has 0 aromatic heterocycles. The van der Waals surface area contributed by atoms with E-state index in [1.54, 1.807) is 4.90 Å². The van der Waals surface area contributed by atoms with Crippen LogP contribution in [-0.2, 0) is 4.79 Å². The van der Waals surface area contributed by atoms with Crippen molar-refractivity contribution in [3.63, 3.8) is 0 Å². The minimum atomic E-state index is -0.890. The Balaban J connectivity index is 2.18. The predicted octanol–water partition coefficient (Wildman–Crippen LogP) is 2.51. The lowest BCUT2D eigenvalue weighted by molar-refractivity contribution is -0.148. The molecule has 2 aliphatic heterocycles. The van der Waals surface area contributed by atoms with Gasteiger partial charge in [0.15, 0.2) is 0 Å². The van der Waals surface area contributed by atoms with E-state index in [0.717, 1.165) is 18.6 Å². The van der Waals surface area contributed by atoms with Crippen LogP contribution in [0, 0.1) is 5.41 Å². The summed E-state index contributed by atoms with van der Waals surface area (Å²) in [6.07, 6.45) is 1.71. The van der Waals surface area contributed by atoms with Crippen LogP contribution in [0.4, 0.5) is 4.79 Å². The minimum absolute atomic E-state index is 0.0396. The molecule has 1 atom stereocenters. The molecule has 0 radical (unpaired) electrons. The largest absolute Gasteiger partial charge is 0.480 e. The molecular weight excluding hydrogens is 288 g/mol. The molecule has 2 fully saturated rings. The Morgan fingerprint density at radius 3 is 2.43 bits per heavy atom. The number of hydrogen-bond acceptors (Lipinski definition) is 3. The highest BCUT2D eigenvalue weighted by Gasteiger charge is 2.46. The normalized spacial score (nSPS) is 28.3. The zero-order chi connectivity index (χ0) is 15.8. The summed E-state index contributed by atoms with van der Waals surface area (Å²) in [6.45, 7) is 10.1. The highest BCUT2D eigenvalue weighted by Crippen LogP contribution is 2.37.